The molecule has 4 heterocycles. The smallest absolute Gasteiger partial charge is 0.357 e. The summed E-state index contributed by atoms with van der Waals surface area (Å²) in [6.45, 7) is 2.21. The minimum absolute atomic E-state index is 0.140. The van der Waals surface area contributed by atoms with E-state index < -0.39 is 5.97 Å². The summed E-state index contributed by atoms with van der Waals surface area (Å²) in [5.41, 5.74) is 5.50. The van der Waals surface area contributed by atoms with E-state index >= 15 is 0 Å². The number of ether oxygens (including phenoxy) is 2. The zero-order chi connectivity index (χ0) is 23.5. The maximum atomic E-state index is 12.6. The Balaban J connectivity index is 1.38. The molecule has 0 radical (unpaired) electrons. The topological polar surface area (TPSA) is 83.5 Å². The number of aromatic nitrogens is 5. The lowest BCUT2D eigenvalue weighted by Gasteiger charge is -2.08. The first kappa shape index (κ1) is 21.4. The molecule has 0 aliphatic rings. The van der Waals surface area contributed by atoms with E-state index in [1.807, 2.05) is 67.8 Å². The lowest BCUT2D eigenvalue weighted by molar-refractivity contribution is 0.0515. The highest BCUT2D eigenvalue weighted by molar-refractivity contribution is 5.90. The van der Waals surface area contributed by atoms with Crippen molar-refractivity contribution in [2.75, 3.05) is 6.61 Å². The van der Waals surface area contributed by atoms with Crippen molar-refractivity contribution in [2.45, 2.75) is 13.5 Å². The summed E-state index contributed by atoms with van der Waals surface area (Å²) in [5.74, 6) is 0.242. The third-order valence-electron chi connectivity index (χ3n) is 5.39. The maximum absolute atomic E-state index is 12.6. The van der Waals surface area contributed by atoms with Crippen molar-refractivity contribution in [1.82, 2.24) is 24.1 Å². The molecule has 0 saturated heterocycles. The first-order valence-corrected chi connectivity index (χ1v) is 10.9. The number of hydrogen-bond acceptors (Lipinski definition) is 6. The Morgan fingerprint density at radius 3 is 2.56 bits per heavy atom. The van der Waals surface area contributed by atoms with Gasteiger partial charge in [-0.15, -0.1) is 0 Å². The average Bonchev–Trinajstić information content (AvgIpc) is 3.44. The summed E-state index contributed by atoms with van der Waals surface area (Å²) in [6.07, 6.45) is 7.33. The monoisotopic (exact) mass is 453 g/mol. The van der Waals surface area contributed by atoms with E-state index in [1.54, 1.807) is 34.6 Å². The van der Waals surface area contributed by atoms with Crippen LogP contribution in [0.25, 0.3) is 28.0 Å². The van der Waals surface area contributed by atoms with Gasteiger partial charge >= 0.3 is 5.97 Å². The van der Waals surface area contributed by atoms with Gasteiger partial charge in [0, 0.05) is 43.0 Å². The quantitative estimate of drug-likeness (QED) is 0.336. The van der Waals surface area contributed by atoms with Gasteiger partial charge in [-0.1, -0.05) is 6.07 Å². The molecule has 0 aliphatic heterocycles. The van der Waals surface area contributed by atoms with Gasteiger partial charge in [0.15, 0.2) is 5.69 Å². The molecule has 5 rings (SSSR count). The van der Waals surface area contributed by atoms with E-state index in [4.69, 9.17) is 9.47 Å². The molecule has 8 heteroatoms. The Kier molecular flexibility index (Phi) is 5.78. The minimum Gasteiger partial charge on any atom is -0.487 e. The zero-order valence-corrected chi connectivity index (χ0v) is 18.9. The predicted octanol–water partition coefficient (Wildman–Crippen LogP) is 4.55. The first-order chi connectivity index (χ1) is 16.6. The second-order valence-electron chi connectivity index (χ2n) is 7.67. The molecule has 0 amide bonds. The molecule has 0 unspecified atom stereocenters. The molecule has 0 aliphatic carbocycles. The number of benzene rings is 1. The number of carbonyl (C=O) groups excluding carboxylic acids is 1. The largest absolute Gasteiger partial charge is 0.487 e. The summed E-state index contributed by atoms with van der Waals surface area (Å²) in [6, 6.07) is 17.2. The molecular formula is C26H23N5O3. The van der Waals surface area contributed by atoms with E-state index in [2.05, 4.69) is 15.1 Å². The van der Waals surface area contributed by atoms with Gasteiger partial charge in [0.1, 0.15) is 29.4 Å². The van der Waals surface area contributed by atoms with Crippen LogP contribution in [-0.4, -0.2) is 36.7 Å². The Morgan fingerprint density at radius 2 is 1.79 bits per heavy atom. The van der Waals surface area contributed by atoms with E-state index in [0.717, 1.165) is 22.4 Å². The molecule has 0 spiro atoms. The molecule has 1 aromatic carbocycles. The van der Waals surface area contributed by atoms with E-state index in [9.17, 15) is 4.79 Å². The fourth-order valence-corrected chi connectivity index (χ4v) is 3.87. The van der Waals surface area contributed by atoms with Gasteiger partial charge in [-0.05, 0) is 61.0 Å². The fraction of sp³-hybridized carbons (Fsp3) is 0.154. The van der Waals surface area contributed by atoms with Crippen LogP contribution in [0.3, 0.4) is 0 Å². The fourth-order valence-electron chi connectivity index (χ4n) is 3.87. The molecule has 34 heavy (non-hydrogen) atoms. The zero-order valence-electron chi connectivity index (χ0n) is 18.9. The van der Waals surface area contributed by atoms with Crippen molar-refractivity contribution in [2.24, 2.45) is 7.05 Å². The van der Waals surface area contributed by atoms with Crippen LogP contribution in [0, 0.1) is 0 Å². The van der Waals surface area contributed by atoms with E-state index in [0.29, 0.717) is 22.8 Å². The maximum Gasteiger partial charge on any atom is 0.357 e. The normalized spacial score (nSPS) is 11.0. The van der Waals surface area contributed by atoms with Gasteiger partial charge in [-0.25, -0.2) is 9.78 Å². The van der Waals surface area contributed by atoms with Crippen molar-refractivity contribution >= 4 is 11.6 Å². The molecule has 0 N–H and O–H groups in total. The summed E-state index contributed by atoms with van der Waals surface area (Å²) >= 11 is 0. The van der Waals surface area contributed by atoms with Crippen LogP contribution in [0.15, 0.2) is 79.4 Å². The standard InChI is InChI=1S/C26H23N5O3/c1-3-33-26(32)25-22(28-23-6-4-5-15-31(23)25)17-34-20-9-7-19(8-10-20)24-21(16-30(2)29-24)18-11-13-27-14-12-18/h4-16H,3,17H2,1-2H3. The van der Waals surface area contributed by atoms with Crippen LogP contribution in [-0.2, 0) is 18.4 Å². The number of aryl methyl sites for hydroxylation is 1. The lowest BCUT2D eigenvalue weighted by atomic mass is 10.0. The Bertz CT molecular complexity index is 1440. The molecule has 5 aromatic rings. The van der Waals surface area contributed by atoms with Gasteiger partial charge < -0.3 is 9.47 Å². The Labute approximate surface area is 196 Å². The Morgan fingerprint density at radius 1 is 1.00 bits per heavy atom. The third-order valence-corrected chi connectivity index (χ3v) is 5.39. The van der Waals surface area contributed by atoms with Gasteiger partial charge in [0.2, 0.25) is 0 Å². The van der Waals surface area contributed by atoms with Gasteiger partial charge in [-0.3, -0.25) is 14.1 Å². The highest BCUT2D eigenvalue weighted by Gasteiger charge is 2.21. The van der Waals surface area contributed by atoms with Gasteiger partial charge in [0.25, 0.3) is 0 Å². The van der Waals surface area contributed by atoms with Crippen molar-refractivity contribution in [3.63, 3.8) is 0 Å². The van der Waals surface area contributed by atoms with Crippen molar-refractivity contribution in [1.29, 1.82) is 0 Å². The highest BCUT2D eigenvalue weighted by Crippen LogP contribution is 2.31. The van der Waals surface area contributed by atoms with Crippen LogP contribution >= 0.6 is 0 Å². The van der Waals surface area contributed by atoms with Crippen LogP contribution in [0.4, 0.5) is 0 Å². The average molecular weight is 454 g/mol. The highest BCUT2D eigenvalue weighted by atomic mass is 16.5. The van der Waals surface area contributed by atoms with E-state index in [-0.39, 0.29) is 13.2 Å². The number of esters is 1. The third kappa shape index (κ3) is 4.13. The number of rotatable bonds is 7. The number of carbonyl (C=O) groups is 1. The molecule has 0 atom stereocenters. The summed E-state index contributed by atoms with van der Waals surface area (Å²) < 4.78 is 14.7. The van der Waals surface area contributed by atoms with Gasteiger partial charge in [0.05, 0.1) is 6.61 Å². The number of imidazole rings is 1. The summed E-state index contributed by atoms with van der Waals surface area (Å²) in [4.78, 5) is 21.2. The molecule has 170 valence electrons. The first-order valence-electron chi connectivity index (χ1n) is 10.9. The van der Waals surface area contributed by atoms with Crippen LogP contribution < -0.4 is 4.74 Å². The second kappa shape index (κ2) is 9.19. The number of nitrogens with zero attached hydrogens (tertiary/aromatic N) is 5. The van der Waals surface area contributed by atoms with Crippen LogP contribution in [0.5, 0.6) is 5.75 Å². The minimum atomic E-state index is -0.422. The molecule has 8 nitrogen and oxygen atoms in total. The SMILES string of the molecule is CCOC(=O)c1c(COc2ccc(-c3nn(C)cc3-c3ccncc3)cc2)nc2ccccn12. The Hall–Kier alpha value is -4.46. The number of fused-ring (bicyclic) bond motifs is 1. The van der Waals surface area contributed by atoms with Crippen LogP contribution in [0.1, 0.15) is 23.1 Å². The van der Waals surface area contributed by atoms with Crippen molar-refractivity contribution in [3.8, 4) is 28.1 Å². The van der Waals surface area contributed by atoms with Crippen LogP contribution in [0.2, 0.25) is 0 Å². The van der Waals surface area contributed by atoms with Crippen molar-refractivity contribution in [3.05, 3.63) is 90.8 Å². The number of pyridine rings is 2. The summed E-state index contributed by atoms with van der Waals surface area (Å²) in [7, 11) is 1.90. The predicted molar refractivity (Wildman–Crippen MR) is 127 cm³/mol. The molecule has 4 aromatic heterocycles. The van der Waals surface area contributed by atoms with Gasteiger partial charge in [-0.2, -0.15) is 5.10 Å². The molecule has 0 fully saturated rings. The lowest BCUT2D eigenvalue weighted by Crippen LogP contribution is -2.12. The molecular weight excluding hydrogens is 430 g/mol. The van der Waals surface area contributed by atoms with Crippen molar-refractivity contribution < 1.29 is 14.3 Å². The van der Waals surface area contributed by atoms with E-state index in [1.165, 1.54) is 0 Å². The second-order valence-corrected chi connectivity index (χ2v) is 7.67. The molecule has 0 saturated carbocycles. The number of hydrogen-bond donors (Lipinski definition) is 0. The molecule has 0 bridgehead atoms. The summed E-state index contributed by atoms with van der Waals surface area (Å²) in [5, 5.41) is 4.64.